The van der Waals surface area contributed by atoms with Gasteiger partial charge in [-0.25, -0.2) is 0 Å². The van der Waals surface area contributed by atoms with E-state index in [1.54, 1.807) is 13.2 Å². The van der Waals surface area contributed by atoms with E-state index in [-0.39, 0.29) is 12.5 Å². The average molecular weight is 365 g/mol. The van der Waals surface area contributed by atoms with Crippen LogP contribution in [0.5, 0.6) is 5.75 Å². The number of amides is 1. The number of hydrogen-bond donors (Lipinski definition) is 1. The minimum Gasteiger partial charge on any atom is -0.496 e. The van der Waals surface area contributed by atoms with Crippen molar-refractivity contribution < 1.29 is 14.6 Å². The fraction of sp³-hybridized carbons (Fsp3) is 0.348. The van der Waals surface area contributed by atoms with Crippen molar-refractivity contribution in [3.05, 3.63) is 71.8 Å². The van der Waals surface area contributed by atoms with Crippen LogP contribution in [0.2, 0.25) is 0 Å². The number of methoxy groups -OCH3 is 1. The number of likely N-dealkylation sites (tertiary alicyclic amines) is 1. The number of ether oxygens (including phenoxy) is 1. The Kier molecular flexibility index (Phi) is 5.97. The Hall–Kier alpha value is -2.59. The molecule has 1 fully saturated rings. The summed E-state index contributed by atoms with van der Waals surface area (Å²) in [6, 6.07) is 17.7. The number of carbonyl (C=O) groups excluding carboxylic acids is 1. The smallest absolute Gasteiger partial charge is 0.247 e. The molecule has 2 aromatic rings. The van der Waals surface area contributed by atoms with E-state index in [1.807, 2.05) is 66.4 Å². The summed E-state index contributed by atoms with van der Waals surface area (Å²) in [5.74, 6) is 0.694. The standard InChI is InChI=1S/C23H27NO3/c1-18(20-11-6-7-12-21(20)27-2)15-22(26)24-14-8-13-23(24,17-25)16-19-9-4-3-5-10-19/h3-7,9-12,15,25H,8,13-14,16-17H2,1-2H3/b18-15+. The molecule has 1 heterocycles. The van der Waals surface area contributed by atoms with Gasteiger partial charge in [0.2, 0.25) is 5.91 Å². The molecule has 0 aliphatic carbocycles. The Morgan fingerprint density at radius 2 is 1.89 bits per heavy atom. The maximum absolute atomic E-state index is 13.1. The zero-order chi connectivity index (χ0) is 19.3. The van der Waals surface area contributed by atoms with E-state index in [2.05, 4.69) is 0 Å². The quantitative estimate of drug-likeness (QED) is 0.794. The molecule has 1 aliphatic rings. The molecule has 1 unspecified atom stereocenters. The average Bonchev–Trinajstić information content (AvgIpc) is 3.12. The lowest BCUT2D eigenvalue weighted by Gasteiger charge is -2.37. The third-order valence-corrected chi connectivity index (χ3v) is 5.40. The van der Waals surface area contributed by atoms with E-state index >= 15 is 0 Å². The van der Waals surface area contributed by atoms with Gasteiger partial charge in [-0.05, 0) is 43.4 Å². The minimum atomic E-state index is -0.532. The topological polar surface area (TPSA) is 49.8 Å². The molecule has 1 atom stereocenters. The van der Waals surface area contributed by atoms with Gasteiger partial charge in [-0.2, -0.15) is 0 Å². The van der Waals surface area contributed by atoms with Crippen LogP contribution in [-0.2, 0) is 11.2 Å². The Morgan fingerprint density at radius 1 is 1.19 bits per heavy atom. The summed E-state index contributed by atoms with van der Waals surface area (Å²) in [5, 5.41) is 10.2. The largest absolute Gasteiger partial charge is 0.496 e. The van der Waals surface area contributed by atoms with Gasteiger partial charge in [-0.3, -0.25) is 4.79 Å². The van der Waals surface area contributed by atoms with E-state index in [9.17, 15) is 9.90 Å². The lowest BCUT2D eigenvalue weighted by atomic mass is 9.88. The van der Waals surface area contributed by atoms with Crippen LogP contribution in [0, 0.1) is 0 Å². The van der Waals surface area contributed by atoms with Crippen LogP contribution < -0.4 is 4.74 Å². The molecule has 27 heavy (non-hydrogen) atoms. The lowest BCUT2D eigenvalue weighted by Crippen LogP contribution is -2.51. The zero-order valence-corrected chi connectivity index (χ0v) is 16.0. The highest BCUT2D eigenvalue weighted by Crippen LogP contribution is 2.34. The fourth-order valence-corrected chi connectivity index (χ4v) is 3.97. The summed E-state index contributed by atoms with van der Waals surface area (Å²) in [4.78, 5) is 14.9. The highest BCUT2D eigenvalue weighted by atomic mass is 16.5. The first-order valence-corrected chi connectivity index (χ1v) is 9.38. The summed E-state index contributed by atoms with van der Waals surface area (Å²) >= 11 is 0. The van der Waals surface area contributed by atoms with E-state index in [1.165, 1.54) is 0 Å². The summed E-state index contributed by atoms with van der Waals surface area (Å²) in [5.41, 5.74) is 2.37. The third-order valence-electron chi connectivity index (χ3n) is 5.40. The van der Waals surface area contributed by atoms with Crippen molar-refractivity contribution in [1.29, 1.82) is 0 Å². The molecule has 4 heteroatoms. The van der Waals surface area contributed by atoms with Crippen molar-refractivity contribution >= 4 is 11.5 Å². The van der Waals surface area contributed by atoms with Crippen molar-refractivity contribution in [2.75, 3.05) is 20.3 Å². The van der Waals surface area contributed by atoms with Crippen LogP contribution in [0.15, 0.2) is 60.7 Å². The van der Waals surface area contributed by atoms with E-state index in [0.717, 1.165) is 35.3 Å². The number of allylic oxidation sites excluding steroid dienone is 1. The van der Waals surface area contributed by atoms with E-state index < -0.39 is 5.54 Å². The molecule has 3 rings (SSSR count). The van der Waals surface area contributed by atoms with Gasteiger partial charge < -0.3 is 14.7 Å². The molecule has 0 bridgehead atoms. The van der Waals surface area contributed by atoms with Crippen molar-refractivity contribution in [2.24, 2.45) is 0 Å². The summed E-state index contributed by atoms with van der Waals surface area (Å²) in [6.07, 6.45) is 4.04. The van der Waals surface area contributed by atoms with Gasteiger partial charge >= 0.3 is 0 Å². The first kappa shape index (κ1) is 19.2. The number of aliphatic hydroxyl groups excluding tert-OH is 1. The number of benzene rings is 2. The van der Waals surface area contributed by atoms with Crippen LogP contribution in [0.25, 0.3) is 5.57 Å². The van der Waals surface area contributed by atoms with Gasteiger partial charge in [-0.15, -0.1) is 0 Å². The lowest BCUT2D eigenvalue weighted by molar-refractivity contribution is -0.131. The van der Waals surface area contributed by atoms with Crippen LogP contribution in [0.3, 0.4) is 0 Å². The SMILES string of the molecule is COc1ccccc1/C(C)=C/C(=O)N1CCCC1(CO)Cc1ccccc1. The van der Waals surface area contributed by atoms with Crippen molar-refractivity contribution in [3.63, 3.8) is 0 Å². The normalized spacial score (nSPS) is 20.0. The molecule has 0 saturated carbocycles. The molecule has 1 saturated heterocycles. The highest BCUT2D eigenvalue weighted by molar-refractivity contribution is 5.96. The second-order valence-corrected chi connectivity index (χ2v) is 7.17. The second-order valence-electron chi connectivity index (χ2n) is 7.17. The first-order valence-electron chi connectivity index (χ1n) is 9.38. The predicted octanol–water partition coefficient (Wildman–Crippen LogP) is 3.69. The molecule has 1 N–H and O–H groups in total. The molecule has 0 radical (unpaired) electrons. The minimum absolute atomic E-state index is 0.0326. The molecular weight excluding hydrogens is 338 g/mol. The van der Waals surface area contributed by atoms with Crippen LogP contribution in [-0.4, -0.2) is 41.7 Å². The Morgan fingerprint density at radius 3 is 2.59 bits per heavy atom. The molecular formula is C23H27NO3. The molecule has 4 nitrogen and oxygen atoms in total. The monoisotopic (exact) mass is 365 g/mol. The number of aliphatic hydroxyl groups is 1. The molecule has 0 spiro atoms. The first-order chi connectivity index (χ1) is 13.1. The summed E-state index contributed by atoms with van der Waals surface area (Å²) < 4.78 is 5.41. The van der Waals surface area contributed by atoms with Crippen LogP contribution in [0.1, 0.15) is 30.9 Å². The Balaban J connectivity index is 1.86. The highest BCUT2D eigenvalue weighted by Gasteiger charge is 2.42. The number of para-hydroxylation sites is 1. The number of nitrogens with zero attached hydrogens (tertiary/aromatic N) is 1. The molecule has 1 aliphatic heterocycles. The van der Waals surface area contributed by atoms with Crippen molar-refractivity contribution in [2.45, 2.75) is 31.7 Å². The number of carbonyl (C=O) groups is 1. The fourth-order valence-electron chi connectivity index (χ4n) is 3.97. The zero-order valence-electron chi connectivity index (χ0n) is 16.0. The molecule has 0 aromatic heterocycles. The van der Waals surface area contributed by atoms with E-state index in [0.29, 0.717) is 13.0 Å². The van der Waals surface area contributed by atoms with Crippen LogP contribution in [0.4, 0.5) is 0 Å². The maximum Gasteiger partial charge on any atom is 0.247 e. The van der Waals surface area contributed by atoms with E-state index in [4.69, 9.17) is 4.74 Å². The van der Waals surface area contributed by atoms with Gasteiger partial charge in [0.1, 0.15) is 5.75 Å². The molecule has 2 aromatic carbocycles. The maximum atomic E-state index is 13.1. The summed E-state index contributed by atoms with van der Waals surface area (Å²) in [7, 11) is 1.63. The summed E-state index contributed by atoms with van der Waals surface area (Å²) in [6.45, 7) is 2.56. The second kappa shape index (κ2) is 8.40. The Labute approximate surface area is 161 Å². The van der Waals surface area contributed by atoms with Gasteiger partial charge in [0.05, 0.1) is 19.3 Å². The predicted molar refractivity (Wildman–Crippen MR) is 108 cm³/mol. The van der Waals surface area contributed by atoms with Gasteiger partial charge in [-0.1, -0.05) is 48.5 Å². The third kappa shape index (κ3) is 4.06. The van der Waals surface area contributed by atoms with Gasteiger partial charge in [0.15, 0.2) is 0 Å². The van der Waals surface area contributed by atoms with Gasteiger partial charge in [0, 0.05) is 18.2 Å². The van der Waals surface area contributed by atoms with Gasteiger partial charge in [0.25, 0.3) is 0 Å². The number of rotatable bonds is 6. The van der Waals surface area contributed by atoms with Crippen molar-refractivity contribution in [1.82, 2.24) is 4.90 Å². The Bertz CT molecular complexity index is 815. The van der Waals surface area contributed by atoms with Crippen LogP contribution >= 0.6 is 0 Å². The molecule has 142 valence electrons. The molecule has 1 amide bonds. The van der Waals surface area contributed by atoms with Crippen molar-refractivity contribution in [3.8, 4) is 5.75 Å². The number of hydrogen-bond acceptors (Lipinski definition) is 3.